The van der Waals surface area contributed by atoms with E-state index in [0.29, 0.717) is 25.5 Å². The number of carbonyl (C=O) groups excluding carboxylic acids is 1. The molecule has 1 aromatic rings. The summed E-state index contributed by atoms with van der Waals surface area (Å²) in [7, 11) is 0. The van der Waals surface area contributed by atoms with E-state index >= 15 is 0 Å². The van der Waals surface area contributed by atoms with Gasteiger partial charge in [0.1, 0.15) is 5.69 Å². The molecule has 0 atom stereocenters. The van der Waals surface area contributed by atoms with Crippen molar-refractivity contribution in [1.29, 1.82) is 0 Å². The van der Waals surface area contributed by atoms with Crippen LogP contribution in [0.3, 0.4) is 0 Å². The smallest absolute Gasteiger partial charge is 0.270 e. The maximum atomic E-state index is 11.8. The number of aromatic nitrogens is 1. The van der Waals surface area contributed by atoms with Crippen LogP contribution in [0.25, 0.3) is 0 Å². The van der Waals surface area contributed by atoms with Gasteiger partial charge in [-0.3, -0.25) is 9.78 Å². The summed E-state index contributed by atoms with van der Waals surface area (Å²) in [5.41, 5.74) is 1.50. The van der Waals surface area contributed by atoms with Crippen LogP contribution in [0.1, 0.15) is 23.0 Å². The Bertz CT molecular complexity index is 400. The zero-order valence-corrected chi connectivity index (χ0v) is 9.62. The van der Waals surface area contributed by atoms with E-state index in [1.807, 2.05) is 19.1 Å². The molecule has 1 fully saturated rings. The average Bonchev–Trinajstić information content (AvgIpc) is 2.24. The summed E-state index contributed by atoms with van der Waals surface area (Å²) in [5.74, 6) is -0.105. The molecule has 1 aliphatic rings. The maximum Gasteiger partial charge on any atom is 0.270 e. The van der Waals surface area contributed by atoms with Crippen LogP contribution in [0.5, 0.6) is 0 Å². The lowest BCUT2D eigenvalue weighted by Crippen LogP contribution is -2.48. The third-order valence-electron chi connectivity index (χ3n) is 2.80. The molecule has 86 valence electrons. The predicted octanol–water partition coefficient (Wildman–Crippen LogP) is 1.16. The van der Waals surface area contributed by atoms with E-state index in [1.54, 1.807) is 6.20 Å². The first-order valence-electron chi connectivity index (χ1n) is 5.38. The number of hydrogen-bond acceptors (Lipinski definition) is 3. The molecule has 4 nitrogen and oxygen atoms in total. The molecular weight excluding hydrogens is 204 g/mol. The summed E-state index contributed by atoms with van der Waals surface area (Å²) in [4.78, 5) is 15.9. The van der Waals surface area contributed by atoms with E-state index in [1.165, 1.54) is 0 Å². The molecule has 4 heteroatoms. The largest absolute Gasteiger partial charge is 0.380 e. The third-order valence-corrected chi connectivity index (χ3v) is 2.80. The van der Waals surface area contributed by atoms with Crippen molar-refractivity contribution in [1.82, 2.24) is 10.3 Å². The lowest BCUT2D eigenvalue weighted by molar-refractivity contribution is -0.0978. The number of nitrogens with one attached hydrogen (secondary N) is 1. The molecule has 0 unspecified atom stereocenters. The van der Waals surface area contributed by atoms with Gasteiger partial charge in [-0.15, -0.1) is 0 Å². The second-order valence-corrected chi connectivity index (χ2v) is 4.66. The Morgan fingerprint density at radius 1 is 1.62 bits per heavy atom. The summed E-state index contributed by atoms with van der Waals surface area (Å²) in [6.45, 7) is 6.06. The van der Waals surface area contributed by atoms with E-state index in [2.05, 4.69) is 17.2 Å². The van der Waals surface area contributed by atoms with Crippen molar-refractivity contribution in [2.24, 2.45) is 5.41 Å². The monoisotopic (exact) mass is 220 g/mol. The normalized spacial score (nSPS) is 17.6. The van der Waals surface area contributed by atoms with Crippen LogP contribution in [0, 0.1) is 12.3 Å². The molecule has 1 aliphatic heterocycles. The first-order valence-corrected chi connectivity index (χ1v) is 5.38. The molecule has 1 N–H and O–H groups in total. The summed E-state index contributed by atoms with van der Waals surface area (Å²) in [6.07, 6.45) is 1.64. The number of pyridine rings is 1. The number of rotatable bonds is 3. The lowest BCUT2D eigenvalue weighted by Gasteiger charge is -2.37. The number of amides is 1. The minimum absolute atomic E-state index is 0.0956. The Hall–Kier alpha value is -1.42. The van der Waals surface area contributed by atoms with Crippen molar-refractivity contribution >= 4 is 5.91 Å². The van der Waals surface area contributed by atoms with Gasteiger partial charge in [-0.05, 0) is 18.6 Å². The minimum Gasteiger partial charge on any atom is -0.380 e. The molecule has 0 aromatic carbocycles. The molecular formula is C12H16N2O2. The van der Waals surface area contributed by atoms with Crippen LogP contribution in [0.2, 0.25) is 0 Å². The summed E-state index contributed by atoms with van der Waals surface area (Å²) < 4.78 is 5.13. The van der Waals surface area contributed by atoms with Crippen LogP contribution in [0.15, 0.2) is 18.3 Å². The highest BCUT2D eigenvalue weighted by molar-refractivity contribution is 5.93. The fourth-order valence-corrected chi connectivity index (χ4v) is 1.65. The number of aryl methyl sites for hydroxylation is 1. The molecule has 1 saturated heterocycles. The van der Waals surface area contributed by atoms with E-state index in [-0.39, 0.29) is 11.3 Å². The van der Waals surface area contributed by atoms with Crippen LogP contribution in [0.4, 0.5) is 0 Å². The van der Waals surface area contributed by atoms with Crippen LogP contribution in [-0.2, 0) is 4.74 Å². The zero-order valence-electron chi connectivity index (χ0n) is 9.62. The van der Waals surface area contributed by atoms with Gasteiger partial charge in [0.05, 0.1) is 13.2 Å². The first-order chi connectivity index (χ1) is 7.61. The minimum atomic E-state index is -0.105. The molecule has 16 heavy (non-hydrogen) atoms. The second kappa shape index (κ2) is 4.22. The predicted molar refractivity (Wildman–Crippen MR) is 60.2 cm³/mol. The number of hydrogen-bond donors (Lipinski definition) is 1. The fraction of sp³-hybridized carbons (Fsp3) is 0.500. The Kier molecular flexibility index (Phi) is 2.92. The van der Waals surface area contributed by atoms with Crippen molar-refractivity contribution < 1.29 is 9.53 Å². The van der Waals surface area contributed by atoms with E-state index in [0.717, 1.165) is 5.56 Å². The molecule has 0 aliphatic carbocycles. The quantitative estimate of drug-likeness (QED) is 0.831. The average molecular weight is 220 g/mol. The highest BCUT2D eigenvalue weighted by Crippen LogP contribution is 2.25. The summed E-state index contributed by atoms with van der Waals surface area (Å²) in [5, 5.41) is 2.90. The fourth-order valence-electron chi connectivity index (χ4n) is 1.65. The number of ether oxygens (including phenoxy) is 1. The second-order valence-electron chi connectivity index (χ2n) is 4.66. The molecule has 1 aromatic heterocycles. The van der Waals surface area contributed by atoms with Crippen molar-refractivity contribution in [2.75, 3.05) is 19.8 Å². The maximum absolute atomic E-state index is 11.8. The molecule has 0 spiro atoms. The van der Waals surface area contributed by atoms with Crippen molar-refractivity contribution in [3.8, 4) is 0 Å². The van der Waals surface area contributed by atoms with Crippen molar-refractivity contribution in [2.45, 2.75) is 13.8 Å². The molecule has 0 radical (unpaired) electrons. The molecule has 0 saturated carbocycles. The topological polar surface area (TPSA) is 51.2 Å². The highest BCUT2D eigenvalue weighted by Gasteiger charge is 2.33. The molecule has 2 heterocycles. The Balaban J connectivity index is 1.96. The molecule has 2 rings (SSSR count). The Labute approximate surface area is 95.0 Å². The van der Waals surface area contributed by atoms with E-state index in [4.69, 9.17) is 4.74 Å². The van der Waals surface area contributed by atoms with E-state index in [9.17, 15) is 4.79 Å². The van der Waals surface area contributed by atoms with Gasteiger partial charge >= 0.3 is 0 Å². The van der Waals surface area contributed by atoms with Gasteiger partial charge in [-0.25, -0.2) is 0 Å². The van der Waals surface area contributed by atoms with Gasteiger partial charge in [0.25, 0.3) is 5.91 Å². The SMILES string of the molecule is Cc1cccnc1C(=O)NCC1(C)COC1. The highest BCUT2D eigenvalue weighted by atomic mass is 16.5. The van der Waals surface area contributed by atoms with Gasteiger partial charge in [-0.2, -0.15) is 0 Å². The third kappa shape index (κ3) is 2.22. The Morgan fingerprint density at radius 3 is 2.94 bits per heavy atom. The number of carbonyl (C=O) groups is 1. The van der Waals surface area contributed by atoms with Crippen LogP contribution < -0.4 is 5.32 Å². The zero-order chi connectivity index (χ0) is 11.6. The Morgan fingerprint density at radius 2 is 2.38 bits per heavy atom. The van der Waals surface area contributed by atoms with Gasteiger partial charge in [0.15, 0.2) is 0 Å². The first kappa shape index (κ1) is 11.1. The van der Waals surface area contributed by atoms with Gasteiger partial charge in [-0.1, -0.05) is 13.0 Å². The lowest BCUT2D eigenvalue weighted by atomic mass is 9.89. The van der Waals surface area contributed by atoms with E-state index < -0.39 is 0 Å². The summed E-state index contributed by atoms with van der Waals surface area (Å²) >= 11 is 0. The van der Waals surface area contributed by atoms with Crippen LogP contribution in [-0.4, -0.2) is 30.6 Å². The molecule has 0 bridgehead atoms. The van der Waals surface area contributed by atoms with Crippen molar-refractivity contribution in [3.05, 3.63) is 29.6 Å². The van der Waals surface area contributed by atoms with Gasteiger partial charge < -0.3 is 10.1 Å². The number of nitrogens with zero attached hydrogens (tertiary/aromatic N) is 1. The summed E-state index contributed by atoms with van der Waals surface area (Å²) in [6, 6.07) is 3.71. The van der Waals surface area contributed by atoms with Crippen molar-refractivity contribution in [3.63, 3.8) is 0 Å². The molecule has 1 amide bonds. The van der Waals surface area contributed by atoms with Crippen LogP contribution >= 0.6 is 0 Å². The van der Waals surface area contributed by atoms with Gasteiger partial charge in [0, 0.05) is 18.2 Å². The standard InChI is InChI=1S/C12H16N2O2/c1-9-4-3-5-13-10(9)11(15)14-6-12(2)7-16-8-12/h3-5H,6-8H2,1-2H3,(H,14,15). The van der Waals surface area contributed by atoms with Gasteiger partial charge in [0.2, 0.25) is 0 Å².